The molecule has 0 amide bonds. The highest BCUT2D eigenvalue weighted by molar-refractivity contribution is 6.17. The molecule has 5 heteroatoms. The number of benzene rings is 5. The van der Waals surface area contributed by atoms with Gasteiger partial charge in [0.25, 0.3) is 11.6 Å². The molecule has 9 aromatic rings. The van der Waals surface area contributed by atoms with Crippen molar-refractivity contribution in [3.05, 3.63) is 162 Å². The first kappa shape index (κ1) is 28.4. The summed E-state index contributed by atoms with van der Waals surface area (Å²) in [6.07, 6.45) is 4.77. The lowest BCUT2D eigenvalue weighted by Gasteiger charge is -2.46. The maximum Gasteiger partial charge on any atom is 0.318 e. The Bertz CT molecular complexity index is 3190. The Balaban J connectivity index is 1.37. The third-order valence-electron chi connectivity index (χ3n) is 13.2. The number of aromatic nitrogens is 4. The summed E-state index contributed by atoms with van der Waals surface area (Å²) in [4.78, 5) is 2.53. The number of fused-ring (bicyclic) bond motifs is 6. The summed E-state index contributed by atoms with van der Waals surface area (Å²) in [5.74, 6) is 2.45. The summed E-state index contributed by atoms with van der Waals surface area (Å²) in [6.45, 7) is 11.8. The van der Waals surface area contributed by atoms with Crippen LogP contribution in [-0.2, 0) is 16.5 Å². The topological polar surface area (TPSA) is 20.9 Å². The van der Waals surface area contributed by atoms with Crippen LogP contribution in [0.1, 0.15) is 62.4 Å². The van der Waals surface area contributed by atoms with Crippen LogP contribution in [0, 0.1) is 0 Å². The second-order valence-electron chi connectivity index (χ2n) is 17.1. The van der Waals surface area contributed by atoms with Crippen LogP contribution in [0.4, 0.5) is 17.1 Å². The first-order valence-electron chi connectivity index (χ1n) is 18.9. The van der Waals surface area contributed by atoms with E-state index in [-0.39, 0.29) is 10.8 Å². The Labute approximate surface area is 307 Å². The van der Waals surface area contributed by atoms with Crippen molar-refractivity contribution >= 4 is 60.7 Å². The molecule has 0 N–H and O–H groups in total. The molecule has 13 rings (SSSR count). The second-order valence-corrected chi connectivity index (χ2v) is 17.1. The largest absolute Gasteiger partial charge is 0.318 e. The van der Waals surface area contributed by atoms with Gasteiger partial charge in [-0.05, 0) is 83.8 Å². The van der Waals surface area contributed by atoms with Gasteiger partial charge in [-0.15, -0.1) is 0 Å². The number of pyridine rings is 2. The summed E-state index contributed by atoms with van der Waals surface area (Å²) in [7, 11) is 0. The van der Waals surface area contributed by atoms with Gasteiger partial charge < -0.3 is 4.90 Å². The molecule has 0 saturated heterocycles. The Morgan fingerprint density at radius 1 is 0.547 bits per heavy atom. The maximum atomic E-state index is 2.66. The Kier molecular flexibility index (Phi) is 4.66. The summed E-state index contributed by atoms with van der Waals surface area (Å²) < 4.78 is 10.5. The van der Waals surface area contributed by atoms with E-state index in [0.717, 1.165) is 5.69 Å². The van der Waals surface area contributed by atoms with Crippen LogP contribution in [0.15, 0.2) is 134 Å². The maximum absolute atomic E-state index is 2.66. The third kappa shape index (κ3) is 2.91. The van der Waals surface area contributed by atoms with Crippen LogP contribution in [0.3, 0.4) is 0 Å². The van der Waals surface area contributed by atoms with Gasteiger partial charge in [0, 0.05) is 44.3 Å². The van der Waals surface area contributed by atoms with E-state index in [2.05, 4.69) is 192 Å². The minimum absolute atomic E-state index is 0.0300. The fraction of sp³-hybridized carbons (Fsp3) is 0.167. The molecular weight excluding hydrogens is 647 g/mol. The van der Waals surface area contributed by atoms with Crippen molar-refractivity contribution in [1.82, 2.24) is 9.13 Å². The first-order chi connectivity index (χ1) is 25.7. The zero-order chi connectivity index (χ0) is 35.3. The van der Waals surface area contributed by atoms with Gasteiger partial charge in [-0.3, -0.25) is 0 Å². The van der Waals surface area contributed by atoms with Crippen molar-refractivity contribution in [3.63, 3.8) is 0 Å². The summed E-state index contributed by atoms with van der Waals surface area (Å²) in [6, 6.07) is 46.0. The Hall–Kier alpha value is -6.20. The molecule has 1 spiro atoms. The van der Waals surface area contributed by atoms with Crippen molar-refractivity contribution in [2.45, 2.75) is 51.1 Å². The standard InChI is InChI=1S/C48H37N5/c1-46(2,3)28-24-26-49-39(27-28)52-36-19-10-9-15-30(36)32-20-22-37-40(43(32)52)48(49)41-38(51(37)29-13-7-6-8-14-29)23-21-33-31-16-11-17-34-42(31)53(44(33)41)45-35(47(34,4)5)18-12-25-50(45)48/h6-27H,1-5H3/q+2. The molecule has 4 aliphatic heterocycles. The van der Waals surface area contributed by atoms with E-state index >= 15 is 0 Å². The van der Waals surface area contributed by atoms with Crippen LogP contribution in [0.5, 0.6) is 0 Å². The number of rotatable bonds is 1. The average Bonchev–Trinajstić information content (AvgIpc) is 3.70. The molecule has 4 aliphatic rings. The van der Waals surface area contributed by atoms with Gasteiger partial charge in [-0.2, -0.15) is 18.3 Å². The van der Waals surface area contributed by atoms with Crippen molar-refractivity contribution < 1.29 is 9.13 Å². The SMILES string of the molecule is CC(C)(C)c1cc[n+]2c(c1)-n1c3ccccc3c3ccc4c(c31)C21c2c(ccc3c5cccc6c5n(c23)-c2c(ccc[n+]21)C6(C)C)N4c1ccccc1. The highest BCUT2D eigenvalue weighted by Gasteiger charge is 2.65. The van der Waals surface area contributed by atoms with E-state index < -0.39 is 5.66 Å². The molecule has 0 saturated carbocycles. The van der Waals surface area contributed by atoms with Crippen molar-refractivity contribution in [3.8, 4) is 11.6 Å². The highest BCUT2D eigenvalue weighted by atomic mass is 15.4. The minimum atomic E-state index is -0.728. The van der Waals surface area contributed by atoms with E-state index in [1.807, 2.05) is 0 Å². The van der Waals surface area contributed by atoms with E-state index in [4.69, 9.17) is 0 Å². The lowest BCUT2D eigenvalue weighted by molar-refractivity contribution is -0.967. The fourth-order valence-electron chi connectivity index (χ4n) is 10.9. The zero-order valence-corrected chi connectivity index (χ0v) is 30.4. The van der Waals surface area contributed by atoms with Gasteiger partial charge in [-0.25, -0.2) is 0 Å². The molecule has 1 atom stereocenters. The normalized spacial score (nSPS) is 18.1. The molecule has 0 bridgehead atoms. The first-order valence-corrected chi connectivity index (χ1v) is 18.9. The molecule has 0 aliphatic carbocycles. The Morgan fingerprint density at radius 2 is 1.21 bits per heavy atom. The second kappa shape index (κ2) is 8.70. The number of para-hydroxylation sites is 3. The number of anilines is 3. The molecular formula is C48H37N5+2. The molecule has 5 aromatic carbocycles. The van der Waals surface area contributed by atoms with Gasteiger partial charge in [0.05, 0.1) is 29.3 Å². The van der Waals surface area contributed by atoms with Crippen LogP contribution in [0.2, 0.25) is 0 Å². The van der Waals surface area contributed by atoms with E-state index in [0.29, 0.717) is 0 Å². The monoisotopic (exact) mass is 683 g/mol. The smallest absolute Gasteiger partial charge is 0.309 e. The molecule has 53 heavy (non-hydrogen) atoms. The molecule has 0 fully saturated rings. The minimum Gasteiger partial charge on any atom is -0.309 e. The van der Waals surface area contributed by atoms with E-state index in [1.165, 1.54) is 94.4 Å². The van der Waals surface area contributed by atoms with E-state index in [1.54, 1.807) is 0 Å². The lowest BCUT2D eigenvalue weighted by Crippen LogP contribution is -2.79. The van der Waals surface area contributed by atoms with Crippen molar-refractivity contribution in [1.29, 1.82) is 0 Å². The number of hydrogen-bond donors (Lipinski definition) is 0. The number of hydrogen-bond acceptors (Lipinski definition) is 1. The molecule has 4 aromatic heterocycles. The number of nitrogens with zero attached hydrogens (tertiary/aromatic N) is 5. The quantitative estimate of drug-likeness (QED) is 0.158. The molecule has 8 heterocycles. The van der Waals surface area contributed by atoms with Crippen molar-refractivity contribution in [2.24, 2.45) is 0 Å². The highest BCUT2D eigenvalue weighted by Crippen LogP contribution is 2.60. The molecule has 5 nitrogen and oxygen atoms in total. The molecule has 1 unspecified atom stereocenters. The summed E-state index contributed by atoms with van der Waals surface area (Å²) in [5.41, 5.74) is 14.5. The van der Waals surface area contributed by atoms with E-state index in [9.17, 15) is 0 Å². The molecule has 0 radical (unpaired) electrons. The predicted octanol–water partition coefficient (Wildman–Crippen LogP) is 10.1. The lowest BCUT2D eigenvalue weighted by atomic mass is 9.74. The van der Waals surface area contributed by atoms with Gasteiger partial charge >= 0.3 is 5.66 Å². The van der Waals surface area contributed by atoms with Crippen molar-refractivity contribution in [2.75, 3.05) is 4.90 Å². The third-order valence-corrected chi connectivity index (χ3v) is 13.2. The van der Waals surface area contributed by atoms with Crippen LogP contribution in [0.25, 0.3) is 55.2 Å². The zero-order valence-electron chi connectivity index (χ0n) is 30.4. The average molecular weight is 684 g/mol. The van der Waals surface area contributed by atoms with Gasteiger partial charge in [0.1, 0.15) is 22.2 Å². The molecule has 252 valence electrons. The van der Waals surface area contributed by atoms with Gasteiger partial charge in [0.15, 0.2) is 11.0 Å². The van der Waals surface area contributed by atoms with Gasteiger partial charge in [-0.1, -0.05) is 77.1 Å². The summed E-state index contributed by atoms with van der Waals surface area (Å²) >= 11 is 0. The summed E-state index contributed by atoms with van der Waals surface area (Å²) in [5, 5.41) is 5.19. The van der Waals surface area contributed by atoms with Gasteiger partial charge in [0.2, 0.25) is 0 Å². The van der Waals surface area contributed by atoms with Crippen LogP contribution >= 0.6 is 0 Å². The fourth-order valence-corrected chi connectivity index (χ4v) is 10.9. The Morgan fingerprint density at radius 3 is 1.98 bits per heavy atom. The predicted molar refractivity (Wildman–Crippen MR) is 213 cm³/mol. The van der Waals surface area contributed by atoms with Crippen LogP contribution in [-0.4, -0.2) is 9.13 Å². The van der Waals surface area contributed by atoms with Crippen LogP contribution < -0.4 is 14.0 Å².